The number of anilines is 1. The molecular weight excluding hydrogens is 484 g/mol. The molecule has 1 aromatic carbocycles. The Morgan fingerprint density at radius 3 is 2.46 bits per heavy atom. The summed E-state index contributed by atoms with van der Waals surface area (Å²) in [5, 5.41) is 8.10. The van der Waals surface area contributed by atoms with Gasteiger partial charge in [-0.25, -0.2) is 0 Å². The number of carbonyl (C=O) groups excluding carboxylic acids is 2. The summed E-state index contributed by atoms with van der Waals surface area (Å²) in [5.74, 6) is 2.58. The monoisotopic (exact) mass is 526 g/mol. The van der Waals surface area contributed by atoms with Crippen molar-refractivity contribution in [1.29, 1.82) is 0 Å². The minimum Gasteiger partial charge on any atom is -0.361 e. The summed E-state index contributed by atoms with van der Waals surface area (Å²) >= 11 is 6.37. The Balaban J connectivity index is 1.53. The van der Waals surface area contributed by atoms with Crippen molar-refractivity contribution >= 4 is 29.0 Å². The molecule has 4 rings (SSSR count). The predicted molar refractivity (Wildman–Crippen MR) is 149 cm³/mol. The Morgan fingerprint density at radius 2 is 1.86 bits per heavy atom. The van der Waals surface area contributed by atoms with Gasteiger partial charge in [0.25, 0.3) is 0 Å². The molecule has 2 fully saturated rings. The van der Waals surface area contributed by atoms with Crippen LogP contribution in [-0.4, -0.2) is 16.8 Å². The SMILES string of the molecule is Cc1ccc(NC(=O)C[C@H](CCC(=O)C(C)C)c2noc(C3CC(CC(C)(C)C)C3)c2C2CC2)c(Cl)c1. The number of halogens is 1. The molecule has 202 valence electrons. The van der Waals surface area contributed by atoms with Crippen molar-refractivity contribution in [3.05, 3.63) is 45.8 Å². The highest BCUT2D eigenvalue weighted by Crippen LogP contribution is 2.53. The third-order valence-electron chi connectivity index (χ3n) is 7.88. The first-order chi connectivity index (χ1) is 17.4. The standard InChI is InChI=1S/C31H43ClN2O3/c1-18(2)26(35)12-10-22(16-27(36)33-25-11-7-19(3)13-24(25)32)29-28(21-8-9-21)30(37-34-29)23-14-20(15-23)17-31(4,5)6/h7,11,13,18,20-23H,8-10,12,14-17H2,1-6H3,(H,33,36)/t20?,22-,23?/m0/s1. The summed E-state index contributed by atoms with van der Waals surface area (Å²) in [4.78, 5) is 25.7. The summed E-state index contributed by atoms with van der Waals surface area (Å²) in [7, 11) is 0. The van der Waals surface area contributed by atoms with E-state index in [0.29, 0.717) is 40.8 Å². The van der Waals surface area contributed by atoms with E-state index in [-0.39, 0.29) is 29.9 Å². The van der Waals surface area contributed by atoms with Crippen molar-refractivity contribution in [1.82, 2.24) is 5.16 Å². The van der Waals surface area contributed by atoms with Crippen LogP contribution < -0.4 is 5.32 Å². The molecule has 0 unspecified atom stereocenters. The zero-order chi connectivity index (χ0) is 26.9. The van der Waals surface area contributed by atoms with E-state index in [4.69, 9.17) is 16.1 Å². The molecule has 5 nitrogen and oxygen atoms in total. The lowest BCUT2D eigenvalue weighted by molar-refractivity contribution is -0.122. The first kappa shape index (κ1) is 27.9. The van der Waals surface area contributed by atoms with Gasteiger partial charge in [-0.2, -0.15) is 0 Å². The highest BCUT2D eigenvalue weighted by molar-refractivity contribution is 6.33. The largest absolute Gasteiger partial charge is 0.361 e. The van der Waals surface area contributed by atoms with Crippen molar-refractivity contribution in [2.45, 2.75) is 111 Å². The van der Waals surface area contributed by atoms with Gasteiger partial charge in [-0.3, -0.25) is 9.59 Å². The summed E-state index contributed by atoms with van der Waals surface area (Å²) in [5.41, 5.74) is 4.12. The smallest absolute Gasteiger partial charge is 0.225 e. The fourth-order valence-electron chi connectivity index (χ4n) is 5.76. The number of hydrogen-bond donors (Lipinski definition) is 1. The van der Waals surface area contributed by atoms with Gasteiger partial charge in [-0.15, -0.1) is 0 Å². The number of aryl methyl sites for hydroxylation is 1. The summed E-state index contributed by atoms with van der Waals surface area (Å²) < 4.78 is 6.06. The highest BCUT2D eigenvalue weighted by atomic mass is 35.5. The molecule has 1 amide bonds. The van der Waals surface area contributed by atoms with Crippen LogP contribution in [0.3, 0.4) is 0 Å². The third-order valence-corrected chi connectivity index (χ3v) is 8.19. The van der Waals surface area contributed by atoms with E-state index in [1.165, 1.54) is 12.0 Å². The maximum absolute atomic E-state index is 13.2. The van der Waals surface area contributed by atoms with Gasteiger partial charge in [0.1, 0.15) is 11.5 Å². The summed E-state index contributed by atoms with van der Waals surface area (Å²) in [6, 6.07) is 5.61. The molecule has 1 aromatic heterocycles. The topological polar surface area (TPSA) is 72.2 Å². The highest BCUT2D eigenvalue weighted by Gasteiger charge is 2.42. The van der Waals surface area contributed by atoms with Gasteiger partial charge in [0, 0.05) is 36.2 Å². The van der Waals surface area contributed by atoms with Crippen LogP contribution in [0.4, 0.5) is 5.69 Å². The lowest BCUT2D eigenvalue weighted by atomic mass is 9.66. The minimum atomic E-state index is -0.162. The lowest BCUT2D eigenvalue weighted by Crippen LogP contribution is -2.26. The average Bonchev–Trinajstić information content (AvgIpc) is 3.53. The van der Waals surface area contributed by atoms with Gasteiger partial charge in [0.2, 0.25) is 5.91 Å². The van der Waals surface area contributed by atoms with E-state index >= 15 is 0 Å². The van der Waals surface area contributed by atoms with E-state index in [0.717, 1.165) is 48.6 Å². The molecule has 0 spiro atoms. The van der Waals surface area contributed by atoms with Crippen molar-refractivity contribution in [3.8, 4) is 0 Å². The Morgan fingerprint density at radius 1 is 1.16 bits per heavy atom. The molecule has 1 heterocycles. The fraction of sp³-hybridized carbons (Fsp3) is 0.645. The van der Waals surface area contributed by atoms with Gasteiger partial charge in [0.15, 0.2) is 0 Å². The first-order valence-electron chi connectivity index (χ1n) is 14.0. The maximum atomic E-state index is 13.2. The van der Waals surface area contributed by atoms with Gasteiger partial charge in [-0.1, -0.05) is 57.4 Å². The molecule has 2 aliphatic carbocycles. The van der Waals surface area contributed by atoms with Crippen LogP contribution in [0.25, 0.3) is 0 Å². The van der Waals surface area contributed by atoms with E-state index in [1.54, 1.807) is 0 Å². The van der Waals surface area contributed by atoms with Crippen molar-refractivity contribution in [3.63, 3.8) is 0 Å². The zero-order valence-corrected chi connectivity index (χ0v) is 24.1. The van der Waals surface area contributed by atoms with E-state index in [1.807, 2.05) is 39.0 Å². The Kier molecular flexibility index (Phi) is 8.52. The number of carbonyl (C=O) groups is 2. The molecule has 1 N–H and O–H groups in total. The average molecular weight is 527 g/mol. The molecule has 6 heteroatoms. The second-order valence-electron chi connectivity index (χ2n) is 13.0. The number of nitrogens with one attached hydrogen (secondary N) is 1. The number of nitrogens with zero attached hydrogens (tertiary/aromatic N) is 1. The van der Waals surface area contributed by atoms with Crippen molar-refractivity contribution in [2.75, 3.05) is 5.32 Å². The molecule has 2 aliphatic rings. The molecular formula is C31H43ClN2O3. The number of aromatic nitrogens is 1. The van der Waals surface area contributed by atoms with Crippen LogP contribution in [0.5, 0.6) is 0 Å². The Bertz CT molecular complexity index is 1120. The molecule has 0 radical (unpaired) electrons. The minimum absolute atomic E-state index is 0.0219. The number of benzene rings is 1. The lowest BCUT2D eigenvalue weighted by Gasteiger charge is -2.38. The van der Waals surface area contributed by atoms with Crippen LogP contribution in [0.2, 0.25) is 5.02 Å². The molecule has 2 saturated carbocycles. The van der Waals surface area contributed by atoms with Crippen LogP contribution in [0, 0.1) is 24.2 Å². The number of ketones is 1. The van der Waals surface area contributed by atoms with Gasteiger partial charge >= 0.3 is 0 Å². The predicted octanol–water partition coefficient (Wildman–Crippen LogP) is 8.56. The Hall–Kier alpha value is -2.14. The molecule has 37 heavy (non-hydrogen) atoms. The second kappa shape index (κ2) is 11.3. The molecule has 1 atom stereocenters. The van der Waals surface area contributed by atoms with E-state index < -0.39 is 0 Å². The first-order valence-corrected chi connectivity index (χ1v) is 14.4. The fourth-order valence-corrected chi connectivity index (χ4v) is 6.05. The quantitative estimate of drug-likeness (QED) is 0.318. The number of amides is 1. The van der Waals surface area contributed by atoms with Crippen LogP contribution >= 0.6 is 11.6 Å². The summed E-state index contributed by atoms with van der Waals surface area (Å²) in [6.07, 6.45) is 7.08. The number of Topliss-reactive ketones (excluding diaryl/α,β-unsaturated/α-hetero) is 1. The number of rotatable bonds is 11. The molecule has 0 aliphatic heterocycles. The molecule has 0 saturated heterocycles. The zero-order valence-electron chi connectivity index (χ0n) is 23.3. The van der Waals surface area contributed by atoms with Crippen LogP contribution in [-0.2, 0) is 9.59 Å². The van der Waals surface area contributed by atoms with E-state index in [9.17, 15) is 9.59 Å². The van der Waals surface area contributed by atoms with Crippen molar-refractivity contribution < 1.29 is 14.1 Å². The van der Waals surface area contributed by atoms with Gasteiger partial charge in [0.05, 0.1) is 16.4 Å². The third kappa shape index (κ3) is 7.25. The maximum Gasteiger partial charge on any atom is 0.225 e. The molecule has 0 bridgehead atoms. The van der Waals surface area contributed by atoms with E-state index in [2.05, 4.69) is 31.2 Å². The van der Waals surface area contributed by atoms with Gasteiger partial charge in [-0.05, 0) is 80.4 Å². The Labute approximate surface area is 227 Å². The van der Waals surface area contributed by atoms with Crippen molar-refractivity contribution in [2.24, 2.45) is 17.3 Å². The van der Waals surface area contributed by atoms with Crippen LogP contribution in [0.15, 0.2) is 22.7 Å². The summed E-state index contributed by atoms with van der Waals surface area (Å²) in [6.45, 7) is 12.7. The normalized spacial score (nSPS) is 20.5. The second-order valence-corrected chi connectivity index (χ2v) is 13.4. The van der Waals surface area contributed by atoms with Gasteiger partial charge < -0.3 is 9.84 Å². The molecule has 2 aromatic rings. The van der Waals surface area contributed by atoms with Crippen LogP contribution in [0.1, 0.15) is 126 Å². The number of hydrogen-bond acceptors (Lipinski definition) is 4.